The van der Waals surface area contributed by atoms with E-state index in [1.165, 1.54) is 4.90 Å². The highest BCUT2D eigenvalue weighted by Crippen LogP contribution is 2.50. The first kappa shape index (κ1) is 31.3. The molecule has 1 fully saturated rings. The molecule has 0 spiro atoms. The minimum absolute atomic E-state index is 0.0459. The monoisotopic (exact) mass is 597 g/mol. The molecule has 218 valence electrons. The molecule has 0 atom stereocenters. The summed E-state index contributed by atoms with van der Waals surface area (Å²) in [7, 11) is -2.41. The average molecular weight is 598 g/mol. The Kier molecular flexibility index (Phi) is 8.00. The summed E-state index contributed by atoms with van der Waals surface area (Å²) in [4.78, 5) is 1.20. The first-order valence-corrected chi connectivity index (χ1v) is 14.8. The van der Waals surface area contributed by atoms with Crippen molar-refractivity contribution < 1.29 is 57.1 Å². The van der Waals surface area contributed by atoms with Crippen LogP contribution in [0.2, 0.25) is 19.6 Å². The first-order valence-electron chi connectivity index (χ1n) is 11.4. The molecule has 2 aromatic rings. The highest BCUT2D eigenvalue weighted by molar-refractivity contribution is 6.69. The van der Waals surface area contributed by atoms with Crippen LogP contribution in [-0.4, -0.2) is 26.5 Å². The van der Waals surface area contributed by atoms with E-state index in [9.17, 15) is 52.7 Å². The summed E-state index contributed by atoms with van der Waals surface area (Å²) in [6.07, 6.45) is -21.5. The van der Waals surface area contributed by atoms with Crippen LogP contribution in [0.15, 0.2) is 36.4 Å². The molecule has 2 nitrogen and oxygen atoms in total. The predicted molar refractivity (Wildman–Crippen MR) is 119 cm³/mol. The van der Waals surface area contributed by atoms with Gasteiger partial charge in [0.15, 0.2) is 8.32 Å². The van der Waals surface area contributed by atoms with Crippen LogP contribution in [0, 0.1) is 0 Å². The number of nitrogens with zero attached hydrogens (tertiary/aromatic N) is 1. The molecular weight excluding hydrogens is 574 g/mol. The second-order valence-corrected chi connectivity index (χ2v) is 14.7. The van der Waals surface area contributed by atoms with Gasteiger partial charge in [0.2, 0.25) is 0 Å². The van der Waals surface area contributed by atoms with E-state index >= 15 is 0 Å². The van der Waals surface area contributed by atoms with Gasteiger partial charge in [-0.25, -0.2) is 0 Å². The van der Waals surface area contributed by atoms with Gasteiger partial charge in [0, 0.05) is 6.54 Å². The normalized spacial score (nSPS) is 17.6. The number of hydrogen-bond donors (Lipinski definition) is 0. The van der Waals surface area contributed by atoms with E-state index in [0.29, 0.717) is 24.3 Å². The fraction of sp³-hybridized carbons (Fsp3) is 0.500. The third kappa shape index (κ3) is 6.91. The van der Waals surface area contributed by atoms with E-state index in [2.05, 4.69) is 0 Å². The molecular formula is C24H23F12NOSi. The quantitative estimate of drug-likeness (QED) is 0.252. The van der Waals surface area contributed by atoms with Gasteiger partial charge in [0.05, 0.1) is 34.5 Å². The molecule has 1 aliphatic heterocycles. The second kappa shape index (κ2) is 9.98. The molecule has 1 aliphatic rings. The van der Waals surface area contributed by atoms with Crippen molar-refractivity contribution in [1.82, 2.24) is 4.90 Å². The van der Waals surface area contributed by atoms with Gasteiger partial charge < -0.3 is 4.43 Å². The number of halogens is 12. The summed E-state index contributed by atoms with van der Waals surface area (Å²) in [5.41, 5.74) is -10.7. The van der Waals surface area contributed by atoms with Crippen molar-refractivity contribution >= 4 is 8.32 Å². The summed E-state index contributed by atoms with van der Waals surface area (Å²) in [5.74, 6) is 0. The highest BCUT2D eigenvalue weighted by atomic mass is 28.4. The standard InChI is InChI=1S/C24H23F12NOSi/c1-39(2,3)38-13-37-6-4-5-20(37,14-7-16(21(25,26)27)11-17(8-14)22(28,29)30)15-9-18(23(31,32)33)12-19(10-15)24(34,35)36/h7-12H,4-6,13H2,1-3H3. The van der Waals surface area contributed by atoms with Gasteiger partial charge >= 0.3 is 24.7 Å². The topological polar surface area (TPSA) is 12.5 Å². The Morgan fingerprint density at radius 1 is 0.641 bits per heavy atom. The van der Waals surface area contributed by atoms with Crippen LogP contribution < -0.4 is 0 Å². The third-order valence-corrected chi connectivity index (χ3v) is 7.29. The smallest absolute Gasteiger partial charge is 0.405 e. The lowest BCUT2D eigenvalue weighted by Crippen LogP contribution is -2.46. The van der Waals surface area contributed by atoms with E-state index in [1.54, 1.807) is 19.6 Å². The summed E-state index contributed by atoms with van der Waals surface area (Å²) in [6, 6.07) is 1.07. The number of likely N-dealkylation sites (tertiary alicyclic amines) is 1. The van der Waals surface area contributed by atoms with Gasteiger partial charge in [-0.15, -0.1) is 0 Å². The summed E-state index contributed by atoms with van der Waals surface area (Å²) < 4.78 is 170. The Morgan fingerprint density at radius 2 is 0.974 bits per heavy atom. The molecule has 2 aromatic carbocycles. The number of benzene rings is 2. The zero-order chi connectivity index (χ0) is 29.8. The second-order valence-electron chi connectivity index (χ2n) is 10.2. The van der Waals surface area contributed by atoms with Gasteiger partial charge in [-0.1, -0.05) is 0 Å². The molecule has 0 aliphatic carbocycles. The summed E-state index contributed by atoms with van der Waals surface area (Å²) in [6.45, 7) is 4.62. The molecule has 0 N–H and O–H groups in total. The van der Waals surface area contributed by atoms with Crippen molar-refractivity contribution in [2.24, 2.45) is 0 Å². The number of hydrogen-bond acceptors (Lipinski definition) is 2. The fourth-order valence-electron chi connectivity index (χ4n) is 4.53. The Hall–Kier alpha value is -2.26. The molecule has 0 radical (unpaired) electrons. The third-order valence-electron chi connectivity index (χ3n) is 6.29. The van der Waals surface area contributed by atoms with Crippen molar-refractivity contribution in [2.75, 3.05) is 13.3 Å². The van der Waals surface area contributed by atoms with Crippen LogP contribution in [0.4, 0.5) is 52.7 Å². The van der Waals surface area contributed by atoms with Crippen LogP contribution in [0.25, 0.3) is 0 Å². The molecule has 0 amide bonds. The average Bonchev–Trinajstić information content (AvgIpc) is 3.19. The van der Waals surface area contributed by atoms with E-state index in [1.807, 2.05) is 0 Å². The van der Waals surface area contributed by atoms with Crippen LogP contribution in [0.3, 0.4) is 0 Å². The molecule has 3 rings (SSSR count). The predicted octanol–water partition coefficient (Wildman–Crippen LogP) is 8.91. The van der Waals surface area contributed by atoms with Gasteiger partial charge in [0.1, 0.15) is 0 Å². The molecule has 15 heteroatoms. The van der Waals surface area contributed by atoms with Gasteiger partial charge in [-0.2, -0.15) is 52.7 Å². The first-order chi connectivity index (χ1) is 17.4. The lowest BCUT2D eigenvalue weighted by Gasteiger charge is -2.41. The van der Waals surface area contributed by atoms with Crippen LogP contribution in [-0.2, 0) is 34.7 Å². The molecule has 0 bridgehead atoms. The van der Waals surface area contributed by atoms with E-state index in [4.69, 9.17) is 4.43 Å². The SMILES string of the molecule is C[Si](C)(C)OCN1CCCC1(c1cc(C(F)(F)F)cc(C(F)(F)F)c1)c1cc(C(F)(F)F)cc(C(F)(F)F)c1. The highest BCUT2D eigenvalue weighted by Gasteiger charge is 2.49. The minimum atomic E-state index is -5.29. The maximum absolute atomic E-state index is 13.7. The zero-order valence-electron chi connectivity index (χ0n) is 20.7. The number of alkyl halides is 12. The molecule has 0 aromatic heterocycles. The molecule has 1 saturated heterocycles. The Morgan fingerprint density at radius 3 is 1.26 bits per heavy atom. The maximum Gasteiger partial charge on any atom is 0.416 e. The van der Waals surface area contributed by atoms with E-state index in [0.717, 1.165) is 0 Å². The minimum Gasteiger partial charge on any atom is -0.405 e. The van der Waals surface area contributed by atoms with Crippen molar-refractivity contribution in [3.05, 3.63) is 69.8 Å². The lowest BCUT2D eigenvalue weighted by atomic mass is 9.78. The molecule has 39 heavy (non-hydrogen) atoms. The van der Waals surface area contributed by atoms with Crippen LogP contribution >= 0.6 is 0 Å². The Labute approximate surface area is 216 Å². The Bertz CT molecular complexity index is 1050. The van der Waals surface area contributed by atoms with Crippen molar-refractivity contribution in [2.45, 2.75) is 62.7 Å². The largest absolute Gasteiger partial charge is 0.416 e. The van der Waals surface area contributed by atoms with Crippen molar-refractivity contribution in [3.63, 3.8) is 0 Å². The van der Waals surface area contributed by atoms with Crippen LogP contribution in [0.5, 0.6) is 0 Å². The maximum atomic E-state index is 13.7. The van der Waals surface area contributed by atoms with Crippen LogP contribution in [0.1, 0.15) is 46.2 Å². The summed E-state index contributed by atoms with van der Waals surface area (Å²) in [5, 5.41) is 0. The van der Waals surface area contributed by atoms with Crippen molar-refractivity contribution in [1.29, 1.82) is 0 Å². The lowest BCUT2D eigenvalue weighted by molar-refractivity contribution is -0.144. The van der Waals surface area contributed by atoms with Gasteiger partial charge in [-0.05, 0) is 80.0 Å². The number of rotatable bonds is 5. The summed E-state index contributed by atoms with van der Waals surface area (Å²) >= 11 is 0. The Balaban J connectivity index is 2.44. The van der Waals surface area contributed by atoms with E-state index in [-0.39, 0.29) is 31.5 Å². The molecule has 1 heterocycles. The fourth-order valence-corrected chi connectivity index (χ4v) is 5.07. The van der Waals surface area contributed by atoms with E-state index < -0.39 is 78.7 Å². The molecule has 0 unspecified atom stereocenters. The van der Waals surface area contributed by atoms with Crippen molar-refractivity contribution in [3.8, 4) is 0 Å². The molecule has 0 saturated carbocycles. The van der Waals surface area contributed by atoms with Gasteiger partial charge in [0.25, 0.3) is 0 Å². The zero-order valence-corrected chi connectivity index (χ0v) is 21.7. The van der Waals surface area contributed by atoms with Gasteiger partial charge in [-0.3, -0.25) is 4.90 Å².